The van der Waals surface area contributed by atoms with Gasteiger partial charge >= 0.3 is 0 Å². The largest absolute Gasteiger partial charge is 0.359 e. The van der Waals surface area contributed by atoms with E-state index in [0.717, 1.165) is 12.2 Å². The van der Waals surface area contributed by atoms with Gasteiger partial charge in [-0.15, -0.1) is 0 Å². The molecule has 1 aromatic heterocycles. The van der Waals surface area contributed by atoms with E-state index in [2.05, 4.69) is 15.8 Å². The van der Waals surface area contributed by atoms with E-state index >= 15 is 0 Å². The number of carbonyl (C=O) groups is 1. The maximum Gasteiger partial charge on any atom is 0.221 e. The van der Waals surface area contributed by atoms with Crippen LogP contribution < -0.4 is 10.6 Å². The van der Waals surface area contributed by atoms with E-state index in [4.69, 9.17) is 4.52 Å². The minimum absolute atomic E-state index is 0.0185. The fourth-order valence-corrected chi connectivity index (χ4v) is 1.15. The monoisotopic (exact) mass is 211 g/mol. The molecule has 0 aromatic carbocycles. The second kappa shape index (κ2) is 6.19. The summed E-state index contributed by atoms with van der Waals surface area (Å²) < 4.78 is 4.96. The number of rotatable bonds is 6. The van der Waals surface area contributed by atoms with Crippen molar-refractivity contribution in [1.82, 2.24) is 15.8 Å². The van der Waals surface area contributed by atoms with E-state index in [1.807, 2.05) is 19.9 Å². The Morgan fingerprint density at radius 1 is 1.60 bits per heavy atom. The smallest absolute Gasteiger partial charge is 0.221 e. The highest BCUT2D eigenvalue weighted by Crippen LogP contribution is 2.00. The molecule has 1 amide bonds. The van der Waals surface area contributed by atoms with Crippen LogP contribution in [-0.4, -0.2) is 24.2 Å². The van der Waals surface area contributed by atoms with Crippen molar-refractivity contribution >= 4 is 5.91 Å². The van der Waals surface area contributed by atoms with E-state index < -0.39 is 0 Å². The molecule has 15 heavy (non-hydrogen) atoms. The average Bonchev–Trinajstić information content (AvgIpc) is 2.62. The van der Waals surface area contributed by atoms with Gasteiger partial charge in [0.2, 0.25) is 5.91 Å². The molecule has 0 aliphatic heterocycles. The molecule has 0 bridgehead atoms. The molecular formula is C10H17N3O2. The van der Waals surface area contributed by atoms with Crippen LogP contribution in [0.1, 0.15) is 24.8 Å². The SMILES string of the molecule is CCNCCC(=O)NCc1cc(C)no1. The van der Waals surface area contributed by atoms with Gasteiger partial charge in [0.05, 0.1) is 12.2 Å². The zero-order chi connectivity index (χ0) is 11.1. The van der Waals surface area contributed by atoms with Gasteiger partial charge in [0.15, 0.2) is 5.76 Å². The molecule has 0 atom stereocenters. The lowest BCUT2D eigenvalue weighted by atomic mass is 10.3. The minimum atomic E-state index is 0.0185. The third-order valence-corrected chi connectivity index (χ3v) is 1.92. The summed E-state index contributed by atoms with van der Waals surface area (Å²) in [6, 6.07) is 1.81. The number of amides is 1. The Morgan fingerprint density at radius 2 is 2.40 bits per heavy atom. The molecule has 0 unspecified atom stereocenters. The van der Waals surface area contributed by atoms with Gasteiger partial charge in [-0.2, -0.15) is 0 Å². The molecule has 1 aromatic rings. The minimum Gasteiger partial charge on any atom is -0.359 e. The van der Waals surface area contributed by atoms with Gasteiger partial charge in [-0.3, -0.25) is 4.79 Å². The predicted octanol–water partition coefficient (Wildman–Crippen LogP) is 0.599. The van der Waals surface area contributed by atoms with Crippen molar-refractivity contribution < 1.29 is 9.32 Å². The topological polar surface area (TPSA) is 67.2 Å². The summed E-state index contributed by atoms with van der Waals surface area (Å²) in [5, 5.41) is 9.57. The second-order valence-corrected chi connectivity index (χ2v) is 3.31. The van der Waals surface area contributed by atoms with E-state index in [1.165, 1.54) is 0 Å². The number of aromatic nitrogens is 1. The Kier molecular flexibility index (Phi) is 4.83. The fourth-order valence-electron chi connectivity index (χ4n) is 1.15. The highest BCUT2D eigenvalue weighted by atomic mass is 16.5. The van der Waals surface area contributed by atoms with Crippen LogP contribution in [0.25, 0.3) is 0 Å². The van der Waals surface area contributed by atoms with E-state index in [-0.39, 0.29) is 5.91 Å². The van der Waals surface area contributed by atoms with Crippen molar-refractivity contribution in [3.05, 3.63) is 17.5 Å². The third-order valence-electron chi connectivity index (χ3n) is 1.92. The normalized spacial score (nSPS) is 10.3. The van der Waals surface area contributed by atoms with Crippen molar-refractivity contribution in [3.8, 4) is 0 Å². The average molecular weight is 211 g/mol. The third kappa shape index (κ3) is 4.60. The Balaban J connectivity index is 2.16. The summed E-state index contributed by atoms with van der Waals surface area (Å²) >= 11 is 0. The van der Waals surface area contributed by atoms with Gasteiger partial charge in [-0.25, -0.2) is 0 Å². The first-order chi connectivity index (χ1) is 7.22. The highest BCUT2D eigenvalue weighted by molar-refractivity contribution is 5.75. The van der Waals surface area contributed by atoms with Gasteiger partial charge in [-0.05, 0) is 13.5 Å². The van der Waals surface area contributed by atoms with Crippen LogP contribution in [0.4, 0.5) is 0 Å². The van der Waals surface area contributed by atoms with E-state index in [1.54, 1.807) is 0 Å². The van der Waals surface area contributed by atoms with Crippen LogP contribution >= 0.6 is 0 Å². The lowest BCUT2D eigenvalue weighted by Crippen LogP contribution is -2.27. The first kappa shape index (κ1) is 11.7. The number of carbonyl (C=O) groups excluding carboxylic acids is 1. The number of hydrogen-bond donors (Lipinski definition) is 2. The standard InChI is InChI=1S/C10H17N3O2/c1-3-11-5-4-10(14)12-7-9-6-8(2)13-15-9/h6,11H,3-5,7H2,1-2H3,(H,12,14). The second-order valence-electron chi connectivity index (χ2n) is 3.31. The van der Waals surface area contributed by atoms with Gasteiger partial charge in [0.1, 0.15) is 0 Å². The molecule has 2 N–H and O–H groups in total. The van der Waals surface area contributed by atoms with Crippen LogP contribution in [0.2, 0.25) is 0 Å². The van der Waals surface area contributed by atoms with Crippen LogP contribution in [0.5, 0.6) is 0 Å². The van der Waals surface area contributed by atoms with Gasteiger partial charge < -0.3 is 15.2 Å². The first-order valence-corrected chi connectivity index (χ1v) is 5.12. The molecule has 84 valence electrons. The Hall–Kier alpha value is -1.36. The quantitative estimate of drug-likeness (QED) is 0.676. The van der Waals surface area contributed by atoms with Crippen molar-refractivity contribution in [2.45, 2.75) is 26.8 Å². The Morgan fingerprint density at radius 3 is 3.00 bits per heavy atom. The maximum absolute atomic E-state index is 11.3. The molecule has 0 saturated carbocycles. The van der Waals surface area contributed by atoms with Crippen LogP contribution in [0.15, 0.2) is 10.6 Å². The molecule has 1 rings (SSSR count). The molecule has 0 saturated heterocycles. The predicted molar refractivity (Wildman–Crippen MR) is 56.2 cm³/mol. The molecule has 0 spiro atoms. The number of nitrogens with one attached hydrogen (secondary N) is 2. The summed E-state index contributed by atoms with van der Waals surface area (Å²) in [4.78, 5) is 11.3. The van der Waals surface area contributed by atoms with Gasteiger partial charge in [-0.1, -0.05) is 12.1 Å². The maximum atomic E-state index is 11.3. The summed E-state index contributed by atoms with van der Waals surface area (Å²) in [6.45, 7) is 5.85. The molecule has 0 aliphatic rings. The van der Waals surface area contributed by atoms with Crippen LogP contribution in [-0.2, 0) is 11.3 Å². The van der Waals surface area contributed by atoms with Crippen molar-refractivity contribution in [2.24, 2.45) is 0 Å². The van der Waals surface area contributed by atoms with E-state index in [9.17, 15) is 4.79 Å². The molecule has 5 nitrogen and oxygen atoms in total. The number of aryl methyl sites for hydroxylation is 1. The van der Waals surface area contributed by atoms with Crippen LogP contribution in [0.3, 0.4) is 0 Å². The van der Waals surface area contributed by atoms with Crippen molar-refractivity contribution in [2.75, 3.05) is 13.1 Å². The number of hydrogen-bond acceptors (Lipinski definition) is 4. The summed E-state index contributed by atoms with van der Waals surface area (Å²) in [5.74, 6) is 0.703. The summed E-state index contributed by atoms with van der Waals surface area (Å²) in [7, 11) is 0. The highest BCUT2D eigenvalue weighted by Gasteiger charge is 2.03. The first-order valence-electron chi connectivity index (χ1n) is 5.12. The Labute approximate surface area is 89.2 Å². The lowest BCUT2D eigenvalue weighted by Gasteiger charge is -2.02. The van der Waals surface area contributed by atoms with Crippen molar-refractivity contribution in [1.29, 1.82) is 0 Å². The molecule has 0 fully saturated rings. The molecular weight excluding hydrogens is 194 g/mol. The Bertz CT molecular complexity index is 309. The fraction of sp³-hybridized carbons (Fsp3) is 0.600. The van der Waals surface area contributed by atoms with Crippen molar-refractivity contribution in [3.63, 3.8) is 0 Å². The molecule has 0 aliphatic carbocycles. The molecule has 0 radical (unpaired) electrons. The summed E-state index contributed by atoms with van der Waals surface area (Å²) in [6.07, 6.45) is 0.487. The van der Waals surface area contributed by atoms with Gasteiger partial charge in [0.25, 0.3) is 0 Å². The lowest BCUT2D eigenvalue weighted by molar-refractivity contribution is -0.121. The molecule has 5 heteroatoms. The number of nitrogens with zero attached hydrogens (tertiary/aromatic N) is 1. The van der Waals surface area contributed by atoms with Crippen LogP contribution in [0, 0.1) is 6.92 Å². The zero-order valence-electron chi connectivity index (χ0n) is 9.17. The summed E-state index contributed by atoms with van der Waals surface area (Å²) in [5.41, 5.74) is 0.826. The zero-order valence-corrected chi connectivity index (χ0v) is 9.17. The van der Waals surface area contributed by atoms with E-state index in [0.29, 0.717) is 25.3 Å². The van der Waals surface area contributed by atoms with Gasteiger partial charge in [0, 0.05) is 19.0 Å². The molecule has 1 heterocycles.